The summed E-state index contributed by atoms with van der Waals surface area (Å²) in [4.78, 5) is 5.40. The van der Waals surface area contributed by atoms with Crippen LogP contribution in [0.5, 0.6) is 0 Å². The molecule has 14 heavy (non-hydrogen) atoms. The Hall–Kier alpha value is -0.600. The SMILES string of the molecule is Clc1cc(C2CCC2)c2ccsc2n1. The van der Waals surface area contributed by atoms with Crippen LogP contribution in [0, 0.1) is 0 Å². The molecule has 0 unspecified atom stereocenters. The highest BCUT2D eigenvalue weighted by Gasteiger charge is 2.22. The molecule has 0 saturated heterocycles. The Morgan fingerprint density at radius 1 is 1.43 bits per heavy atom. The normalized spacial score (nSPS) is 17.2. The van der Waals surface area contributed by atoms with Crippen molar-refractivity contribution in [3.63, 3.8) is 0 Å². The van der Waals surface area contributed by atoms with E-state index in [0.717, 1.165) is 10.7 Å². The van der Waals surface area contributed by atoms with Crippen molar-refractivity contribution < 1.29 is 0 Å². The first kappa shape index (κ1) is 8.69. The Morgan fingerprint density at radius 3 is 3.00 bits per heavy atom. The minimum absolute atomic E-state index is 0.641. The Labute approximate surface area is 91.7 Å². The Balaban J connectivity index is 2.23. The van der Waals surface area contributed by atoms with Gasteiger partial charge in [0, 0.05) is 5.39 Å². The molecule has 3 heteroatoms. The van der Waals surface area contributed by atoms with Gasteiger partial charge in [-0.3, -0.25) is 0 Å². The van der Waals surface area contributed by atoms with Gasteiger partial charge in [0.1, 0.15) is 9.98 Å². The monoisotopic (exact) mass is 223 g/mol. The van der Waals surface area contributed by atoms with E-state index in [2.05, 4.69) is 16.4 Å². The van der Waals surface area contributed by atoms with Gasteiger partial charge in [0.2, 0.25) is 0 Å². The number of nitrogens with zero attached hydrogens (tertiary/aromatic N) is 1. The van der Waals surface area contributed by atoms with Crippen molar-refractivity contribution in [3.05, 3.63) is 28.2 Å². The molecular formula is C11H10ClNS. The van der Waals surface area contributed by atoms with Gasteiger partial charge in [-0.15, -0.1) is 11.3 Å². The molecule has 72 valence electrons. The molecule has 1 fully saturated rings. The number of hydrogen-bond acceptors (Lipinski definition) is 2. The summed E-state index contributed by atoms with van der Waals surface area (Å²) in [7, 11) is 0. The van der Waals surface area contributed by atoms with Crippen molar-refractivity contribution in [3.8, 4) is 0 Å². The lowest BCUT2D eigenvalue weighted by molar-refractivity contribution is 0.422. The van der Waals surface area contributed by atoms with Gasteiger partial charge < -0.3 is 0 Å². The molecule has 0 spiro atoms. The fourth-order valence-electron chi connectivity index (χ4n) is 2.00. The van der Waals surface area contributed by atoms with Crippen LogP contribution < -0.4 is 0 Å². The second-order valence-electron chi connectivity index (χ2n) is 3.80. The van der Waals surface area contributed by atoms with Crippen LogP contribution in [-0.2, 0) is 0 Å². The minimum Gasteiger partial charge on any atom is -0.225 e. The standard InChI is InChI=1S/C11H10ClNS/c12-10-6-9(7-2-1-3-7)8-4-5-14-11(8)13-10/h4-7H,1-3H2. The minimum atomic E-state index is 0.641. The van der Waals surface area contributed by atoms with Crippen LogP contribution in [0.25, 0.3) is 10.2 Å². The van der Waals surface area contributed by atoms with Crippen LogP contribution in [0.1, 0.15) is 30.7 Å². The molecule has 0 bridgehead atoms. The van der Waals surface area contributed by atoms with Crippen molar-refractivity contribution in [1.82, 2.24) is 4.98 Å². The maximum Gasteiger partial charge on any atom is 0.131 e. The van der Waals surface area contributed by atoms with Crippen LogP contribution >= 0.6 is 22.9 Å². The van der Waals surface area contributed by atoms with Gasteiger partial charge in [0.25, 0.3) is 0 Å². The van der Waals surface area contributed by atoms with E-state index in [0.29, 0.717) is 5.15 Å². The summed E-state index contributed by atoms with van der Waals surface area (Å²) in [6, 6.07) is 4.21. The fraction of sp³-hybridized carbons (Fsp3) is 0.364. The quantitative estimate of drug-likeness (QED) is 0.660. The summed E-state index contributed by atoms with van der Waals surface area (Å²) in [6.07, 6.45) is 3.98. The van der Waals surface area contributed by atoms with Crippen LogP contribution in [0.2, 0.25) is 5.15 Å². The van der Waals surface area contributed by atoms with Crippen molar-refractivity contribution in [2.45, 2.75) is 25.2 Å². The number of aromatic nitrogens is 1. The van der Waals surface area contributed by atoms with E-state index in [1.54, 1.807) is 11.3 Å². The van der Waals surface area contributed by atoms with Crippen molar-refractivity contribution >= 4 is 33.2 Å². The van der Waals surface area contributed by atoms with Gasteiger partial charge in [0.15, 0.2) is 0 Å². The molecular weight excluding hydrogens is 214 g/mol. The first-order valence-corrected chi connectivity index (χ1v) is 6.14. The summed E-state index contributed by atoms with van der Waals surface area (Å²) in [5, 5.41) is 4.04. The molecule has 1 nitrogen and oxygen atoms in total. The predicted octanol–water partition coefficient (Wildman–Crippen LogP) is 4.22. The molecule has 0 amide bonds. The average Bonchev–Trinajstić information content (AvgIpc) is 2.47. The molecule has 2 heterocycles. The van der Waals surface area contributed by atoms with E-state index in [-0.39, 0.29) is 0 Å². The molecule has 0 N–H and O–H groups in total. The highest BCUT2D eigenvalue weighted by molar-refractivity contribution is 7.16. The van der Waals surface area contributed by atoms with Crippen molar-refractivity contribution in [1.29, 1.82) is 0 Å². The summed E-state index contributed by atoms with van der Waals surface area (Å²) < 4.78 is 0. The summed E-state index contributed by atoms with van der Waals surface area (Å²) in [5.41, 5.74) is 1.41. The van der Waals surface area contributed by atoms with Crippen LogP contribution in [-0.4, -0.2) is 4.98 Å². The Kier molecular flexibility index (Phi) is 1.99. The van der Waals surface area contributed by atoms with Crippen molar-refractivity contribution in [2.24, 2.45) is 0 Å². The van der Waals surface area contributed by atoms with E-state index in [1.807, 2.05) is 6.07 Å². The van der Waals surface area contributed by atoms with Gasteiger partial charge in [-0.05, 0) is 41.8 Å². The van der Waals surface area contributed by atoms with Gasteiger partial charge in [-0.25, -0.2) is 4.98 Å². The number of rotatable bonds is 1. The molecule has 3 rings (SSSR count). The van der Waals surface area contributed by atoms with E-state index in [9.17, 15) is 0 Å². The van der Waals surface area contributed by atoms with Crippen LogP contribution in [0.3, 0.4) is 0 Å². The lowest BCUT2D eigenvalue weighted by Gasteiger charge is -2.26. The highest BCUT2D eigenvalue weighted by Crippen LogP contribution is 2.41. The van der Waals surface area contributed by atoms with Crippen LogP contribution in [0.4, 0.5) is 0 Å². The molecule has 0 aliphatic heterocycles. The summed E-state index contributed by atoms with van der Waals surface area (Å²) >= 11 is 7.67. The van der Waals surface area contributed by atoms with Gasteiger partial charge in [-0.1, -0.05) is 18.0 Å². The first-order valence-electron chi connectivity index (χ1n) is 4.88. The third-order valence-corrected chi connectivity index (χ3v) is 3.98. The number of hydrogen-bond donors (Lipinski definition) is 0. The lowest BCUT2D eigenvalue weighted by atomic mass is 9.79. The number of thiophene rings is 1. The molecule has 0 aromatic carbocycles. The molecule has 1 aliphatic carbocycles. The van der Waals surface area contributed by atoms with Gasteiger partial charge >= 0.3 is 0 Å². The van der Waals surface area contributed by atoms with Gasteiger partial charge in [-0.2, -0.15) is 0 Å². The molecule has 0 radical (unpaired) electrons. The zero-order valence-electron chi connectivity index (χ0n) is 7.66. The Morgan fingerprint density at radius 2 is 2.29 bits per heavy atom. The molecule has 2 aromatic rings. The molecule has 1 aliphatic rings. The molecule has 0 atom stereocenters. The zero-order valence-corrected chi connectivity index (χ0v) is 9.24. The van der Waals surface area contributed by atoms with E-state index >= 15 is 0 Å². The third kappa shape index (κ3) is 1.25. The predicted molar refractivity (Wildman–Crippen MR) is 61.2 cm³/mol. The number of halogens is 1. The topological polar surface area (TPSA) is 12.9 Å². The number of fused-ring (bicyclic) bond motifs is 1. The van der Waals surface area contributed by atoms with Crippen molar-refractivity contribution in [2.75, 3.05) is 0 Å². The number of pyridine rings is 1. The molecule has 1 saturated carbocycles. The maximum atomic E-state index is 6.00. The summed E-state index contributed by atoms with van der Waals surface area (Å²) in [5.74, 6) is 0.729. The average molecular weight is 224 g/mol. The van der Waals surface area contributed by atoms with E-state index in [4.69, 9.17) is 11.6 Å². The summed E-state index contributed by atoms with van der Waals surface area (Å²) in [6.45, 7) is 0. The smallest absolute Gasteiger partial charge is 0.131 e. The lowest BCUT2D eigenvalue weighted by Crippen LogP contribution is -2.09. The van der Waals surface area contributed by atoms with Crippen LogP contribution in [0.15, 0.2) is 17.5 Å². The molecule has 2 aromatic heterocycles. The largest absolute Gasteiger partial charge is 0.225 e. The van der Waals surface area contributed by atoms with E-state index < -0.39 is 0 Å². The third-order valence-electron chi connectivity index (χ3n) is 2.98. The fourth-order valence-corrected chi connectivity index (χ4v) is 3.05. The first-order chi connectivity index (χ1) is 6.84. The maximum absolute atomic E-state index is 6.00. The second-order valence-corrected chi connectivity index (χ2v) is 5.08. The van der Waals surface area contributed by atoms with Gasteiger partial charge in [0.05, 0.1) is 0 Å². The Bertz CT molecular complexity index is 473. The van der Waals surface area contributed by atoms with E-state index in [1.165, 1.54) is 30.2 Å². The highest BCUT2D eigenvalue weighted by atomic mass is 35.5. The zero-order chi connectivity index (χ0) is 9.54. The second kappa shape index (κ2) is 3.21.